The third kappa shape index (κ3) is 4.60. The van der Waals surface area contributed by atoms with Crippen molar-refractivity contribution in [3.63, 3.8) is 0 Å². The van der Waals surface area contributed by atoms with Gasteiger partial charge in [-0.2, -0.15) is 13.2 Å². The maximum Gasteiger partial charge on any atom is 0.406 e. The van der Waals surface area contributed by atoms with Crippen molar-refractivity contribution in [2.45, 2.75) is 20.0 Å². The van der Waals surface area contributed by atoms with Crippen molar-refractivity contribution in [2.24, 2.45) is 11.8 Å². The molecule has 0 bridgehead atoms. The van der Waals surface area contributed by atoms with E-state index in [-0.39, 0.29) is 11.8 Å². The standard InChI is InChI=1S/C11H17F3N2O3/c1-7-3-15(4-8(7)2)10(19)16(5-9(17)18)6-11(12,13)14/h7-8H,3-6H2,1-2H3,(H,17,18). The largest absolute Gasteiger partial charge is 0.480 e. The first-order valence-corrected chi connectivity index (χ1v) is 5.92. The molecule has 5 nitrogen and oxygen atoms in total. The molecule has 2 atom stereocenters. The molecule has 1 heterocycles. The highest BCUT2D eigenvalue weighted by atomic mass is 19.4. The number of carbonyl (C=O) groups excluding carboxylic acids is 1. The number of aliphatic carboxylic acids is 1. The molecule has 8 heteroatoms. The summed E-state index contributed by atoms with van der Waals surface area (Å²) < 4.78 is 37.1. The summed E-state index contributed by atoms with van der Waals surface area (Å²) >= 11 is 0. The number of hydrogen-bond donors (Lipinski definition) is 1. The number of carboxylic acids is 1. The number of nitrogens with zero attached hydrogens (tertiary/aromatic N) is 2. The van der Waals surface area contributed by atoms with Crippen LogP contribution in [0.25, 0.3) is 0 Å². The van der Waals surface area contributed by atoms with E-state index < -0.39 is 31.3 Å². The van der Waals surface area contributed by atoms with Crippen LogP contribution in [0.2, 0.25) is 0 Å². The molecule has 19 heavy (non-hydrogen) atoms. The zero-order valence-electron chi connectivity index (χ0n) is 10.8. The van der Waals surface area contributed by atoms with Gasteiger partial charge < -0.3 is 14.9 Å². The van der Waals surface area contributed by atoms with Gasteiger partial charge in [0, 0.05) is 13.1 Å². The molecule has 1 aliphatic rings. The van der Waals surface area contributed by atoms with Crippen molar-refractivity contribution in [2.75, 3.05) is 26.2 Å². The van der Waals surface area contributed by atoms with Crippen molar-refractivity contribution in [3.8, 4) is 0 Å². The number of likely N-dealkylation sites (tertiary alicyclic amines) is 1. The van der Waals surface area contributed by atoms with Crippen LogP contribution in [0.15, 0.2) is 0 Å². The Labute approximate surface area is 109 Å². The first kappa shape index (κ1) is 15.6. The lowest BCUT2D eigenvalue weighted by Gasteiger charge is -2.27. The highest BCUT2D eigenvalue weighted by Gasteiger charge is 2.38. The van der Waals surface area contributed by atoms with Gasteiger partial charge in [-0.25, -0.2) is 4.79 Å². The minimum Gasteiger partial charge on any atom is -0.480 e. The molecule has 1 fully saturated rings. The van der Waals surface area contributed by atoms with Gasteiger partial charge in [0.1, 0.15) is 13.1 Å². The number of amides is 2. The van der Waals surface area contributed by atoms with Crippen LogP contribution in [-0.2, 0) is 4.79 Å². The van der Waals surface area contributed by atoms with Crippen LogP contribution < -0.4 is 0 Å². The molecule has 1 aliphatic heterocycles. The lowest BCUT2D eigenvalue weighted by Crippen LogP contribution is -2.48. The van der Waals surface area contributed by atoms with Gasteiger partial charge in [0.25, 0.3) is 0 Å². The van der Waals surface area contributed by atoms with Gasteiger partial charge in [0.2, 0.25) is 0 Å². The lowest BCUT2D eigenvalue weighted by atomic mass is 10.0. The second-order valence-electron chi connectivity index (χ2n) is 5.01. The number of urea groups is 1. The fourth-order valence-electron chi connectivity index (χ4n) is 2.06. The molecular formula is C11H17F3N2O3. The van der Waals surface area contributed by atoms with Crippen molar-refractivity contribution >= 4 is 12.0 Å². The first-order valence-electron chi connectivity index (χ1n) is 5.92. The van der Waals surface area contributed by atoms with E-state index in [2.05, 4.69) is 0 Å². The van der Waals surface area contributed by atoms with E-state index in [1.54, 1.807) is 0 Å². The predicted molar refractivity (Wildman–Crippen MR) is 60.6 cm³/mol. The number of carboxylic acid groups (broad SMARTS) is 1. The molecule has 0 aromatic rings. The summed E-state index contributed by atoms with van der Waals surface area (Å²) in [4.78, 5) is 24.1. The summed E-state index contributed by atoms with van der Waals surface area (Å²) in [5.74, 6) is -1.07. The van der Waals surface area contributed by atoms with Gasteiger partial charge in [0.05, 0.1) is 0 Å². The van der Waals surface area contributed by atoms with Crippen molar-refractivity contribution in [1.29, 1.82) is 0 Å². The Balaban J connectivity index is 2.74. The molecule has 0 radical (unpaired) electrons. The molecule has 2 unspecified atom stereocenters. The Kier molecular flexibility index (Phi) is 4.65. The highest BCUT2D eigenvalue weighted by Crippen LogP contribution is 2.24. The number of alkyl halides is 3. The maximum absolute atomic E-state index is 12.4. The summed E-state index contributed by atoms with van der Waals surface area (Å²) in [5.41, 5.74) is 0. The molecule has 0 aromatic heterocycles. The molecule has 0 aromatic carbocycles. The molecule has 0 spiro atoms. The smallest absolute Gasteiger partial charge is 0.406 e. The van der Waals surface area contributed by atoms with Gasteiger partial charge in [-0.05, 0) is 11.8 Å². The van der Waals surface area contributed by atoms with Gasteiger partial charge in [-0.3, -0.25) is 4.79 Å². The van der Waals surface area contributed by atoms with E-state index in [1.165, 1.54) is 4.90 Å². The Morgan fingerprint density at radius 1 is 1.26 bits per heavy atom. The van der Waals surface area contributed by atoms with Crippen LogP contribution in [0.4, 0.5) is 18.0 Å². The molecule has 1 rings (SSSR count). The molecule has 0 saturated carbocycles. The molecule has 1 saturated heterocycles. The third-order valence-electron chi connectivity index (χ3n) is 3.23. The van der Waals surface area contributed by atoms with E-state index in [0.29, 0.717) is 18.0 Å². The second kappa shape index (κ2) is 5.66. The molecular weight excluding hydrogens is 265 g/mol. The van der Waals surface area contributed by atoms with Crippen LogP contribution in [0.5, 0.6) is 0 Å². The first-order chi connectivity index (χ1) is 8.60. The topological polar surface area (TPSA) is 60.9 Å². The Bertz CT molecular complexity index is 350. The van der Waals surface area contributed by atoms with Crippen LogP contribution in [0.3, 0.4) is 0 Å². The van der Waals surface area contributed by atoms with Crippen molar-refractivity contribution in [1.82, 2.24) is 9.80 Å². The average Bonchev–Trinajstić information content (AvgIpc) is 2.54. The normalized spacial score (nSPS) is 23.5. The summed E-state index contributed by atoms with van der Waals surface area (Å²) in [6, 6.07) is -0.865. The molecule has 2 amide bonds. The highest BCUT2D eigenvalue weighted by molar-refractivity contribution is 5.80. The fourth-order valence-corrected chi connectivity index (χ4v) is 2.06. The van der Waals surface area contributed by atoms with Crippen LogP contribution >= 0.6 is 0 Å². The lowest BCUT2D eigenvalue weighted by molar-refractivity contribution is -0.149. The summed E-state index contributed by atoms with van der Waals surface area (Å²) in [6.07, 6.45) is -4.61. The Morgan fingerprint density at radius 2 is 1.74 bits per heavy atom. The number of carbonyl (C=O) groups is 2. The van der Waals surface area contributed by atoms with E-state index in [0.717, 1.165) is 0 Å². The second-order valence-corrected chi connectivity index (χ2v) is 5.01. The molecule has 0 aliphatic carbocycles. The molecule has 1 N–H and O–H groups in total. The van der Waals surface area contributed by atoms with Crippen molar-refractivity contribution in [3.05, 3.63) is 0 Å². The van der Waals surface area contributed by atoms with Gasteiger partial charge in [-0.1, -0.05) is 13.8 Å². The van der Waals surface area contributed by atoms with Crippen molar-refractivity contribution < 1.29 is 27.9 Å². The van der Waals surface area contributed by atoms with Gasteiger partial charge >= 0.3 is 18.2 Å². The Hall–Kier alpha value is -1.47. The summed E-state index contributed by atoms with van der Waals surface area (Å²) in [6.45, 7) is 2.03. The number of halogens is 3. The quantitative estimate of drug-likeness (QED) is 0.856. The minimum absolute atomic E-state index is 0.196. The number of hydrogen-bond acceptors (Lipinski definition) is 2. The minimum atomic E-state index is -4.61. The summed E-state index contributed by atoms with van der Waals surface area (Å²) in [7, 11) is 0. The van der Waals surface area contributed by atoms with E-state index >= 15 is 0 Å². The van der Waals surface area contributed by atoms with Gasteiger partial charge in [-0.15, -0.1) is 0 Å². The monoisotopic (exact) mass is 282 g/mol. The predicted octanol–water partition coefficient (Wildman–Crippen LogP) is 1.64. The Morgan fingerprint density at radius 3 is 2.11 bits per heavy atom. The fraction of sp³-hybridized carbons (Fsp3) is 0.818. The maximum atomic E-state index is 12.4. The SMILES string of the molecule is CC1CN(C(=O)N(CC(=O)O)CC(F)(F)F)CC1C. The van der Waals surface area contributed by atoms with E-state index in [4.69, 9.17) is 5.11 Å². The van der Waals surface area contributed by atoms with Gasteiger partial charge in [0.15, 0.2) is 0 Å². The zero-order valence-corrected chi connectivity index (χ0v) is 10.8. The van der Waals surface area contributed by atoms with E-state index in [9.17, 15) is 22.8 Å². The van der Waals surface area contributed by atoms with Crippen LogP contribution in [-0.4, -0.2) is 59.3 Å². The summed E-state index contributed by atoms with van der Waals surface area (Å²) in [5, 5.41) is 8.60. The third-order valence-corrected chi connectivity index (χ3v) is 3.23. The van der Waals surface area contributed by atoms with Crippen LogP contribution in [0, 0.1) is 11.8 Å². The average molecular weight is 282 g/mol. The zero-order chi connectivity index (χ0) is 14.8. The molecule has 110 valence electrons. The van der Waals surface area contributed by atoms with E-state index in [1.807, 2.05) is 13.8 Å². The van der Waals surface area contributed by atoms with Crippen LogP contribution in [0.1, 0.15) is 13.8 Å². The number of rotatable bonds is 3.